The molecule has 0 amide bonds. The lowest BCUT2D eigenvalue weighted by atomic mass is 10.2. The standard InChI is InChI=1S/C10H23NO4S2/c1-4-10(2)9-17(14,15)8-6-11-5-7-16(3,12)13/h10-11H,4-9H2,1-3H3. The molecular formula is C10H23NO4S2. The molecule has 0 fully saturated rings. The molecule has 0 aliphatic carbocycles. The minimum atomic E-state index is -3.02. The lowest BCUT2D eigenvalue weighted by Crippen LogP contribution is -2.29. The van der Waals surface area contributed by atoms with Gasteiger partial charge in [-0.1, -0.05) is 20.3 Å². The minimum Gasteiger partial charge on any atom is -0.315 e. The van der Waals surface area contributed by atoms with Gasteiger partial charge in [-0.15, -0.1) is 0 Å². The molecule has 0 aromatic carbocycles. The zero-order valence-electron chi connectivity index (χ0n) is 10.8. The molecule has 17 heavy (non-hydrogen) atoms. The summed E-state index contributed by atoms with van der Waals surface area (Å²) in [6.07, 6.45) is 2.01. The SMILES string of the molecule is CCC(C)CS(=O)(=O)CCNCCS(C)(=O)=O. The van der Waals surface area contributed by atoms with Crippen LogP contribution in [-0.4, -0.2) is 53.4 Å². The average molecular weight is 285 g/mol. The van der Waals surface area contributed by atoms with E-state index in [0.717, 1.165) is 12.7 Å². The van der Waals surface area contributed by atoms with Crippen LogP contribution >= 0.6 is 0 Å². The Labute approximate surface area is 105 Å². The first-order chi connectivity index (χ1) is 7.66. The molecule has 0 bridgehead atoms. The summed E-state index contributed by atoms with van der Waals surface area (Å²) in [6, 6.07) is 0. The third-order valence-corrected chi connectivity index (χ3v) is 5.32. The van der Waals surface area contributed by atoms with Crippen molar-refractivity contribution in [3.8, 4) is 0 Å². The first-order valence-corrected chi connectivity index (χ1v) is 9.63. The normalized spacial score (nSPS) is 14.8. The second kappa shape index (κ2) is 7.33. The molecule has 7 heteroatoms. The van der Waals surface area contributed by atoms with E-state index < -0.39 is 19.7 Å². The molecule has 1 N–H and O–H groups in total. The van der Waals surface area contributed by atoms with E-state index in [1.54, 1.807) is 0 Å². The highest BCUT2D eigenvalue weighted by Crippen LogP contribution is 2.05. The smallest absolute Gasteiger partial charge is 0.151 e. The maximum Gasteiger partial charge on any atom is 0.151 e. The molecular weight excluding hydrogens is 262 g/mol. The molecule has 0 rings (SSSR count). The lowest BCUT2D eigenvalue weighted by molar-refractivity contribution is 0.561. The summed E-state index contributed by atoms with van der Waals surface area (Å²) in [6.45, 7) is 4.49. The summed E-state index contributed by atoms with van der Waals surface area (Å²) in [5.41, 5.74) is 0. The second-order valence-corrected chi connectivity index (χ2v) is 9.00. The fraction of sp³-hybridized carbons (Fsp3) is 1.00. The zero-order chi connectivity index (χ0) is 13.5. The van der Waals surface area contributed by atoms with E-state index in [1.807, 2.05) is 13.8 Å². The summed E-state index contributed by atoms with van der Waals surface area (Å²) < 4.78 is 44.8. The Bertz CT molecular complexity index is 400. The predicted octanol–water partition coefficient (Wildman–Crippen LogP) is 0.0815. The van der Waals surface area contributed by atoms with E-state index in [0.29, 0.717) is 13.1 Å². The van der Waals surface area contributed by atoms with Crippen LogP contribution in [0.2, 0.25) is 0 Å². The number of hydrogen-bond acceptors (Lipinski definition) is 5. The first kappa shape index (κ1) is 16.9. The van der Waals surface area contributed by atoms with Gasteiger partial charge in [-0.05, 0) is 5.92 Å². The third kappa shape index (κ3) is 10.7. The molecule has 0 radical (unpaired) electrons. The highest BCUT2D eigenvalue weighted by atomic mass is 32.2. The molecule has 5 nitrogen and oxygen atoms in total. The van der Waals surface area contributed by atoms with E-state index in [9.17, 15) is 16.8 Å². The van der Waals surface area contributed by atoms with Crippen molar-refractivity contribution >= 4 is 19.7 Å². The second-order valence-electron chi connectivity index (χ2n) is 4.51. The Balaban J connectivity index is 3.81. The third-order valence-electron chi connectivity index (χ3n) is 2.47. The number of hydrogen-bond donors (Lipinski definition) is 1. The molecule has 1 unspecified atom stereocenters. The van der Waals surface area contributed by atoms with Crippen molar-refractivity contribution in [3.63, 3.8) is 0 Å². The molecule has 1 atom stereocenters. The predicted molar refractivity (Wildman–Crippen MR) is 70.7 cm³/mol. The molecule has 0 spiro atoms. The molecule has 0 aromatic heterocycles. The van der Waals surface area contributed by atoms with Crippen molar-refractivity contribution in [1.82, 2.24) is 5.32 Å². The van der Waals surface area contributed by atoms with Gasteiger partial charge in [0.25, 0.3) is 0 Å². The fourth-order valence-corrected chi connectivity index (χ4v) is 3.48. The van der Waals surface area contributed by atoms with Gasteiger partial charge in [-0.3, -0.25) is 0 Å². The van der Waals surface area contributed by atoms with Crippen molar-refractivity contribution in [1.29, 1.82) is 0 Å². The maximum atomic E-state index is 11.6. The van der Waals surface area contributed by atoms with Crippen LogP contribution in [0, 0.1) is 5.92 Å². The van der Waals surface area contributed by atoms with E-state index in [-0.39, 0.29) is 23.2 Å². The van der Waals surface area contributed by atoms with E-state index in [1.165, 1.54) is 0 Å². The van der Waals surface area contributed by atoms with E-state index in [4.69, 9.17) is 0 Å². The highest BCUT2D eigenvalue weighted by Gasteiger charge is 2.14. The van der Waals surface area contributed by atoms with Crippen molar-refractivity contribution in [2.45, 2.75) is 20.3 Å². The van der Waals surface area contributed by atoms with Crippen LogP contribution in [0.25, 0.3) is 0 Å². The number of nitrogens with one attached hydrogen (secondary N) is 1. The van der Waals surface area contributed by atoms with Crippen LogP contribution in [0.5, 0.6) is 0 Å². The molecule has 0 saturated heterocycles. The van der Waals surface area contributed by atoms with Crippen LogP contribution in [-0.2, 0) is 19.7 Å². The largest absolute Gasteiger partial charge is 0.315 e. The van der Waals surface area contributed by atoms with Crippen molar-refractivity contribution in [2.24, 2.45) is 5.92 Å². The summed E-state index contributed by atoms with van der Waals surface area (Å²) >= 11 is 0. The van der Waals surface area contributed by atoms with Gasteiger partial charge in [0, 0.05) is 19.3 Å². The average Bonchev–Trinajstić information content (AvgIpc) is 2.14. The first-order valence-electron chi connectivity index (χ1n) is 5.75. The van der Waals surface area contributed by atoms with Gasteiger partial charge < -0.3 is 5.32 Å². The van der Waals surface area contributed by atoms with Gasteiger partial charge in [-0.25, -0.2) is 16.8 Å². The zero-order valence-corrected chi connectivity index (χ0v) is 12.4. The molecule has 0 saturated carbocycles. The molecule has 0 heterocycles. The quantitative estimate of drug-likeness (QED) is 0.607. The Hall–Kier alpha value is -0.140. The molecule has 0 aliphatic rings. The molecule has 0 aromatic rings. The van der Waals surface area contributed by atoms with Crippen molar-refractivity contribution in [3.05, 3.63) is 0 Å². The Morgan fingerprint density at radius 2 is 1.59 bits per heavy atom. The maximum absolute atomic E-state index is 11.6. The summed E-state index contributed by atoms with van der Waals surface area (Å²) in [7, 11) is -6.00. The summed E-state index contributed by atoms with van der Waals surface area (Å²) in [4.78, 5) is 0. The van der Waals surface area contributed by atoms with Gasteiger partial charge in [0.2, 0.25) is 0 Å². The van der Waals surface area contributed by atoms with Gasteiger partial charge in [0.1, 0.15) is 9.84 Å². The van der Waals surface area contributed by atoms with Crippen LogP contribution in [0.3, 0.4) is 0 Å². The fourth-order valence-electron chi connectivity index (χ4n) is 1.24. The Kier molecular flexibility index (Phi) is 7.27. The van der Waals surface area contributed by atoms with Crippen molar-refractivity contribution < 1.29 is 16.8 Å². The monoisotopic (exact) mass is 285 g/mol. The van der Waals surface area contributed by atoms with Crippen LogP contribution in [0.1, 0.15) is 20.3 Å². The van der Waals surface area contributed by atoms with Gasteiger partial charge in [0.05, 0.1) is 17.3 Å². The number of sulfone groups is 2. The minimum absolute atomic E-state index is 0.0401. The molecule has 104 valence electrons. The van der Waals surface area contributed by atoms with E-state index >= 15 is 0 Å². The van der Waals surface area contributed by atoms with Crippen molar-refractivity contribution in [2.75, 3.05) is 36.6 Å². The highest BCUT2D eigenvalue weighted by molar-refractivity contribution is 7.91. The number of rotatable bonds is 9. The lowest BCUT2D eigenvalue weighted by Gasteiger charge is -2.09. The van der Waals surface area contributed by atoms with Gasteiger partial charge in [-0.2, -0.15) is 0 Å². The van der Waals surface area contributed by atoms with Crippen LogP contribution in [0.4, 0.5) is 0 Å². The Morgan fingerprint density at radius 1 is 1.06 bits per heavy atom. The van der Waals surface area contributed by atoms with Gasteiger partial charge in [0.15, 0.2) is 9.84 Å². The van der Waals surface area contributed by atoms with E-state index in [2.05, 4.69) is 5.32 Å². The molecule has 0 aliphatic heterocycles. The topological polar surface area (TPSA) is 80.3 Å². The van der Waals surface area contributed by atoms with Crippen LogP contribution in [0.15, 0.2) is 0 Å². The van der Waals surface area contributed by atoms with Gasteiger partial charge >= 0.3 is 0 Å². The van der Waals surface area contributed by atoms with Crippen LogP contribution < -0.4 is 5.32 Å². The summed E-state index contributed by atoms with van der Waals surface area (Å²) in [5.74, 6) is 0.493. The summed E-state index contributed by atoms with van der Waals surface area (Å²) in [5, 5.41) is 2.83. The Morgan fingerprint density at radius 3 is 2.06 bits per heavy atom.